The molecule has 1 aromatic carbocycles. The van der Waals surface area contributed by atoms with Gasteiger partial charge in [0, 0.05) is 37.1 Å². The SMILES string of the molecule is O=C(NCCn1ccnc1)c1cccc2cc[nH]c12. The zero-order valence-corrected chi connectivity index (χ0v) is 10.3. The number of imidazole rings is 1. The van der Waals surface area contributed by atoms with Crippen molar-refractivity contribution in [2.75, 3.05) is 6.54 Å². The zero-order valence-electron chi connectivity index (χ0n) is 10.3. The van der Waals surface area contributed by atoms with E-state index in [0.29, 0.717) is 18.7 Å². The third-order valence-electron chi connectivity index (χ3n) is 3.05. The molecule has 0 unspecified atom stereocenters. The molecule has 0 atom stereocenters. The molecule has 1 amide bonds. The van der Waals surface area contributed by atoms with Crippen LogP contribution in [0.15, 0.2) is 49.2 Å². The van der Waals surface area contributed by atoms with Gasteiger partial charge in [0.1, 0.15) is 0 Å². The van der Waals surface area contributed by atoms with E-state index in [2.05, 4.69) is 15.3 Å². The number of hydrogen-bond acceptors (Lipinski definition) is 2. The molecule has 19 heavy (non-hydrogen) atoms. The van der Waals surface area contributed by atoms with Crippen LogP contribution in [0.25, 0.3) is 10.9 Å². The lowest BCUT2D eigenvalue weighted by molar-refractivity contribution is 0.0954. The Kier molecular flexibility index (Phi) is 3.02. The van der Waals surface area contributed by atoms with E-state index < -0.39 is 0 Å². The second kappa shape index (κ2) is 4.97. The summed E-state index contributed by atoms with van der Waals surface area (Å²) in [5.74, 6) is -0.0619. The van der Waals surface area contributed by atoms with Gasteiger partial charge in [0.25, 0.3) is 5.91 Å². The van der Waals surface area contributed by atoms with E-state index in [1.807, 2.05) is 41.2 Å². The Hall–Kier alpha value is -2.56. The lowest BCUT2D eigenvalue weighted by Crippen LogP contribution is -2.27. The summed E-state index contributed by atoms with van der Waals surface area (Å²) in [6.45, 7) is 1.29. The van der Waals surface area contributed by atoms with Crippen LogP contribution in [0.1, 0.15) is 10.4 Å². The van der Waals surface area contributed by atoms with E-state index in [1.54, 1.807) is 12.5 Å². The molecule has 5 heteroatoms. The van der Waals surface area contributed by atoms with Gasteiger partial charge in [-0.3, -0.25) is 4.79 Å². The maximum atomic E-state index is 12.1. The summed E-state index contributed by atoms with van der Waals surface area (Å²) in [5, 5.41) is 3.96. The molecule has 0 aliphatic carbocycles. The number of H-pyrrole nitrogens is 1. The fourth-order valence-corrected chi connectivity index (χ4v) is 2.09. The molecular formula is C14H14N4O. The first-order chi connectivity index (χ1) is 9.34. The highest BCUT2D eigenvalue weighted by Gasteiger charge is 2.09. The smallest absolute Gasteiger partial charge is 0.253 e. The molecular weight excluding hydrogens is 240 g/mol. The van der Waals surface area contributed by atoms with Gasteiger partial charge in [-0.15, -0.1) is 0 Å². The maximum Gasteiger partial charge on any atom is 0.253 e. The summed E-state index contributed by atoms with van der Waals surface area (Å²) in [5.41, 5.74) is 1.55. The van der Waals surface area contributed by atoms with Crippen molar-refractivity contribution in [3.63, 3.8) is 0 Å². The van der Waals surface area contributed by atoms with Crippen molar-refractivity contribution in [2.24, 2.45) is 0 Å². The minimum atomic E-state index is -0.0619. The van der Waals surface area contributed by atoms with E-state index in [4.69, 9.17) is 0 Å². The van der Waals surface area contributed by atoms with Crippen LogP contribution in [0.5, 0.6) is 0 Å². The number of aromatic nitrogens is 3. The lowest BCUT2D eigenvalue weighted by Gasteiger charge is -2.06. The number of nitrogens with zero attached hydrogens (tertiary/aromatic N) is 2. The summed E-state index contributed by atoms with van der Waals surface area (Å²) in [4.78, 5) is 19.2. The van der Waals surface area contributed by atoms with Gasteiger partial charge in [0.15, 0.2) is 0 Å². The second-order valence-corrected chi connectivity index (χ2v) is 4.30. The fourth-order valence-electron chi connectivity index (χ4n) is 2.09. The van der Waals surface area contributed by atoms with E-state index in [9.17, 15) is 4.79 Å². The average Bonchev–Trinajstić information content (AvgIpc) is 3.08. The van der Waals surface area contributed by atoms with Gasteiger partial charge < -0.3 is 14.9 Å². The van der Waals surface area contributed by atoms with Crippen molar-refractivity contribution in [1.82, 2.24) is 19.9 Å². The molecule has 0 fully saturated rings. The molecule has 96 valence electrons. The van der Waals surface area contributed by atoms with Crippen LogP contribution >= 0.6 is 0 Å². The largest absolute Gasteiger partial charge is 0.361 e. The number of carbonyl (C=O) groups excluding carboxylic acids is 1. The average molecular weight is 254 g/mol. The van der Waals surface area contributed by atoms with E-state index in [0.717, 1.165) is 10.9 Å². The lowest BCUT2D eigenvalue weighted by atomic mass is 10.1. The molecule has 3 rings (SSSR count). The van der Waals surface area contributed by atoms with Crippen LogP contribution in [-0.2, 0) is 6.54 Å². The number of para-hydroxylation sites is 1. The molecule has 0 bridgehead atoms. The third-order valence-corrected chi connectivity index (χ3v) is 3.05. The molecule has 0 saturated heterocycles. The van der Waals surface area contributed by atoms with Gasteiger partial charge in [-0.2, -0.15) is 0 Å². The maximum absolute atomic E-state index is 12.1. The number of amides is 1. The number of fused-ring (bicyclic) bond motifs is 1. The van der Waals surface area contributed by atoms with E-state index >= 15 is 0 Å². The van der Waals surface area contributed by atoms with Crippen LogP contribution in [-0.4, -0.2) is 27.0 Å². The van der Waals surface area contributed by atoms with Gasteiger partial charge in [0.05, 0.1) is 17.4 Å². The quantitative estimate of drug-likeness (QED) is 0.745. The summed E-state index contributed by atoms with van der Waals surface area (Å²) in [6, 6.07) is 7.65. The minimum Gasteiger partial charge on any atom is -0.361 e. The topological polar surface area (TPSA) is 62.7 Å². The van der Waals surface area contributed by atoms with Gasteiger partial charge in [-0.1, -0.05) is 12.1 Å². The Morgan fingerprint density at radius 1 is 1.37 bits per heavy atom. The van der Waals surface area contributed by atoms with E-state index in [1.165, 1.54) is 0 Å². The van der Waals surface area contributed by atoms with Crippen molar-refractivity contribution < 1.29 is 4.79 Å². The van der Waals surface area contributed by atoms with E-state index in [-0.39, 0.29) is 5.91 Å². The predicted octanol–water partition coefficient (Wildman–Crippen LogP) is 1.79. The highest BCUT2D eigenvalue weighted by molar-refractivity contribution is 6.05. The second-order valence-electron chi connectivity index (χ2n) is 4.30. The number of aromatic amines is 1. The van der Waals surface area contributed by atoms with Gasteiger partial charge in [0.2, 0.25) is 0 Å². The Labute approximate surface area is 110 Å². The van der Waals surface area contributed by atoms with Crippen molar-refractivity contribution >= 4 is 16.8 Å². The Bertz CT molecular complexity index is 684. The first kappa shape index (κ1) is 11.5. The monoisotopic (exact) mass is 254 g/mol. The highest BCUT2D eigenvalue weighted by atomic mass is 16.1. The minimum absolute atomic E-state index is 0.0619. The molecule has 0 saturated carbocycles. The molecule has 2 heterocycles. The standard InChI is InChI=1S/C14H14N4O/c19-14(17-7-9-18-8-6-15-10-18)12-3-1-2-11-4-5-16-13(11)12/h1-6,8,10,16H,7,9H2,(H,17,19). The van der Waals surface area contributed by atoms with Crippen molar-refractivity contribution in [3.8, 4) is 0 Å². The molecule has 3 aromatic rings. The van der Waals surface area contributed by atoms with Crippen LogP contribution in [0.4, 0.5) is 0 Å². The highest BCUT2D eigenvalue weighted by Crippen LogP contribution is 2.16. The molecule has 2 N–H and O–H groups in total. The summed E-state index contributed by atoms with van der Waals surface area (Å²) in [6.07, 6.45) is 7.17. The van der Waals surface area contributed by atoms with Crippen LogP contribution in [0.3, 0.4) is 0 Å². The Morgan fingerprint density at radius 2 is 2.32 bits per heavy atom. The van der Waals surface area contributed by atoms with Crippen molar-refractivity contribution in [3.05, 3.63) is 54.7 Å². The van der Waals surface area contributed by atoms with Crippen LogP contribution in [0.2, 0.25) is 0 Å². The number of carbonyl (C=O) groups is 1. The van der Waals surface area contributed by atoms with Gasteiger partial charge >= 0.3 is 0 Å². The third kappa shape index (κ3) is 2.35. The number of rotatable bonds is 4. The first-order valence-corrected chi connectivity index (χ1v) is 6.14. The number of nitrogens with one attached hydrogen (secondary N) is 2. The molecule has 0 aliphatic heterocycles. The summed E-state index contributed by atoms with van der Waals surface area (Å²) >= 11 is 0. The van der Waals surface area contributed by atoms with Crippen molar-refractivity contribution in [2.45, 2.75) is 6.54 Å². The molecule has 0 aliphatic rings. The normalized spacial score (nSPS) is 10.7. The predicted molar refractivity (Wildman–Crippen MR) is 72.9 cm³/mol. The van der Waals surface area contributed by atoms with Gasteiger partial charge in [-0.05, 0) is 12.1 Å². The van der Waals surface area contributed by atoms with Crippen LogP contribution < -0.4 is 5.32 Å². The molecule has 0 radical (unpaired) electrons. The zero-order chi connectivity index (χ0) is 13.1. The molecule has 0 spiro atoms. The molecule has 5 nitrogen and oxygen atoms in total. The Morgan fingerprint density at radius 3 is 3.16 bits per heavy atom. The first-order valence-electron chi connectivity index (χ1n) is 6.14. The van der Waals surface area contributed by atoms with Gasteiger partial charge in [-0.25, -0.2) is 4.98 Å². The fraction of sp³-hybridized carbons (Fsp3) is 0.143. The summed E-state index contributed by atoms with van der Waals surface area (Å²) in [7, 11) is 0. The number of hydrogen-bond donors (Lipinski definition) is 2. The summed E-state index contributed by atoms with van der Waals surface area (Å²) < 4.78 is 1.93. The number of benzene rings is 1. The molecule has 2 aromatic heterocycles. The van der Waals surface area contributed by atoms with Crippen LogP contribution in [0, 0.1) is 0 Å². The Balaban J connectivity index is 1.68. The van der Waals surface area contributed by atoms with Crippen molar-refractivity contribution in [1.29, 1.82) is 0 Å².